The van der Waals surface area contributed by atoms with Crippen molar-refractivity contribution in [1.82, 2.24) is 9.88 Å². The van der Waals surface area contributed by atoms with Gasteiger partial charge in [0.2, 0.25) is 0 Å². The van der Waals surface area contributed by atoms with Crippen molar-refractivity contribution >= 4 is 29.0 Å². The summed E-state index contributed by atoms with van der Waals surface area (Å²) in [6.45, 7) is 3.23. The Morgan fingerprint density at radius 3 is 3.00 bits per heavy atom. The topological polar surface area (TPSA) is 28.2 Å². The number of nitrogens with one attached hydrogen (secondary N) is 1. The van der Waals surface area contributed by atoms with Crippen LogP contribution in [0.3, 0.4) is 0 Å². The summed E-state index contributed by atoms with van der Waals surface area (Å²) in [4.78, 5) is 6.51. The summed E-state index contributed by atoms with van der Waals surface area (Å²) in [5.41, 5.74) is 0. The maximum atomic E-state index is 6.02. The van der Waals surface area contributed by atoms with Crippen molar-refractivity contribution in [3.8, 4) is 0 Å². The highest BCUT2D eigenvalue weighted by Gasteiger charge is 2.19. The third kappa shape index (κ3) is 3.00. The number of anilines is 1. The Morgan fingerprint density at radius 2 is 2.38 bits per heavy atom. The predicted octanol–water partition coefficient (Wildman–Crippen LogP) is 2.75. The number of halogens is 2. The van der Waals surface area contributed by atoms with Crippen LogP contribution in [0.4, 0.5) is 5.82 Å². The SMILES string of the molecule is CN1CCC(CNc2ncc(Cl)cc2Cl)C1. The molecule has 0 saturated carbocycles. The smallest absolute Gasteiger partial charge is 0.144 e. The molecule has 0 amide bonds. The van der Waals surface area contributed by atoms with E-state index in [0.29, 0.717) is 16.0 Å². The maximum Gasteiger partial charge on any atom is 0.144 e. The van der Waals surface area contributed by atoms with E-state index < -0.39 is 0 Å². The molecule has 0 aliphatic carbocycles. The van der Waals surface area contributed by atoms with Gasteiger partial charge in [0.15, 0.2) is 0 Å². The molecule has 1 N–H and O–H groups in total. The van der Waals surface area contributed by atoms with Gasteiger partial charge in [-0.3, -0.25) is 0 Å². The lowest BCUT2D eigenvalue weighted by Crippen LogP contribution is -2.19. The minimum atomic E-state index is 0.566. The van der Waals surface area contributed by atoms with Crippen molar-refractivity contribution < 1.29 is 0 Å². The molecule has 0 radical (unpaired) electrons. The summed E-state index contributed by atoms with van der Waals surface area (Å²) < 4.78 is 0. The Morgan fingerprint density at radius 1 is 1.56 bits per heavy atom. The van der Waals surface area contributed by atoms with Crippen LogP contribution >= 0.6 is 23.2 Å². The summed E-state index contributed by atoms with van der Waals surface area (Å²) in [6, 6.07) is 1.71. The monoisotopic (exact) mass is 259 g/mol. The molecule has 1 aromatic rings. The van der Waals surface area contributed by atoms with Crippen molar-refractivity contribution in [2.24, 2.45) is 5.92 Å². The van der Waals surface area contributed by atoms with Gasteiger partial charge in [-0.15, -0.1) is 0 Å². The number of aromatic nitrogens is 1. The quantitative estimate of drug-likeness (QED) is 0.905. The van der Waals surface area contributed by atoms with E-state index in [9.17, 15) is 0 Å². The third-order valence-electron chi connectivity index (χ3n) is 2.85. The molecule has 1 aliphatic heterocycles. The van der Waals surface area contributed by atoms with Crippen molar-refractivity contribution in [2.45, 2.75) is 6.42 Å². The number of hydrogen-bond acceptors (Lipinski definition) is 3. The molecule has 3 nitrogen and oxygen atoms in total. The molecule has 1 atom stereocenters. The molecule has 2 heterocycles. The van der Waals surface area contributed by atoms with Crippen LogP contribution in [0.25, 0.3) is 0 Å². The standard InChI is InChI=1S/C11H15Cl2N3/c1-16-3-2-8(7-16)5-14-11-10(13)4-9(12)6-15-11/h4,6,8H,2-3,5,7H2,1H3,(H,14,15). The molecule has 1 aliphatic rings. The minimum absolute atomic E-state index is 0.566. The molecule has 0 spiro atoms. The number of hydrogen-bond donors (Lipinski definition) is 1. The lowest BCUT2D eigenvalue weighted by molar-refractivity contribution is 0.399. The third-order valence-corrected chi connectivity index (χ3v) is 3.35. The van der Waals surface area contributed by atoms with E-state index >= 15 is 0 Å². The van der Waals surface area contributed by atoms with Crippen molar-refractivity contribution in [1.29, 1.82) is 0 Å². The molecular formula is C11H15Cl2N3. The van der Waals surface area contributed by atoms with Gasteiger partial charge in [0, 0.05) is 19.3 Å². The van der Waals surface area contributed by atoms with Crippen LogP contribution in [0.1, 0.15) is 6.42 Å². The molecule has 0 aromatic carbocycles. The molecular weight excluding hydrogens is 245 g/mol. The van der Waals surface area contributed by atoms with E-state index in [1.54, 1.807) is 12.3 Å². The largest absolute Gasteiger partial charge is 0.369 e. The fraction of sp³-hybridized carbons (Fsp3) is 0.545. The maximum absolute atomic E-state index is 6.02. The van der Waals surface area contributed by atoms with Crippen LogP contribution in [0.15, 0.2) is 12.3 Å². The number of likely N-dealkylation sites (tertiary alicyclic amines) is 1. The lowest BCUT2D eigenvalue weighted by atomic mass is 10.1. The Hall–Kier alpha value is -0.510. The fourth-order valence-corrected chi connectivity index (χ4v) is 2.43. The van der Waals surface area contributed by atoms with Gasteiger partial charge in [0.25, 0.3) is 0 Å². The van der Waals surface area contributed by atoms with Crippen molar-refractivity contribution in [3.05, 3.63) is 22.3 Å². The molecule has 16 heavy (non-hydrogen) atoms. The van der Waals surface area contributed by atoms with Gasteiger partial charge in [-0.2, -0.15) is 0 Å². The average molecular weight is 260 g/mol. The van der Waals surface area contributed by atoms with Crippen LogP contribution in [0.5, 0.6) is 0 Å². The zero-order valence-electron chi connectivity index (χ0n) is 9.21. The molecule has 1 fully saturated rings. The Kier molecular flexibility index (Phi) is 3.90. The van der Waals surface area contributed by atoms with Gasteiger partial charge in [-0.25, -0.2) is 4.98 Å². The molecule has 2 rings (SSSR count). The Bertz CT molecular complexity index is 370. The summed E-state index contributed by atoms with van der Waals surface area (Å²) in [6.07, 6.45) is 2.84. The van der Waals surface area contributed by atoms with Gasteiger partial charge >= 0.3 is 0 Å². The van der Waals surface area contributed by atoms with Crippen LogP contribution in [0.2, 0.25) is 10.0 Å². The summed E-state index contributed by atoms with van der Waals surface area (Å²) in [5.74, 6) is 1.40. The van der Waals surface area contributed by atoms with Crippen LogP contribution in [-0.2, 0) is 0 Å². The first-order chi connectivity index (χ1) is 7.65. The first-order valence-electron chi connectivity index (χ1n) is 5.38. The predicted molar refractivity (Wildman–Crippen MR) is 68.4 cm³/mol. The van der Waals surface area contributed by atoms with Crippen LogP contribution < -0.4 is 5.32 Å². The second kappa shape index (κ2) is 5.21. The van der Waals surface area contributed by atoms with Gasteiger partial charge in [-0.1, -0.05) is 23.2 Å². The highest BCUT2D eigenvalue weighted by Crippen LogP contribution is 2.23. The molecule has 1 aromatic heterocycles. The zero-order chi connectivity index (χ0) is 11.5. The minimum Gasteiger partial charge on any atom is -0.369 e. The lowest BCUT2D eigenvalue weighted by Gasteiger charge is -2.12. The molecule has 1 unspecified atom stereocenters. The van der Waals surface area contributed by atoms with E-state index in [-0.39, 0.29) is 0 Å². The van der Waals surface area contributed by atoms with E-state index in [1.807, 2.05) is 0 Å². The molecule has 0 bridgehead atoms. The second-order valence-electron chi connectivity index (χ2n) is 4.28. The average Bonchev–Trinajstić information content (AvgIpc) is 2.63. The number of nitrogens with zero attached hydrogens (tertiary/aromatic N) is 2. The van der Waals surface area contributed by atoms with Crippen molar-refractivity contribution in [3.63, 3.8) is 0 Å². The zero-order valence-corrected chi connectivity index (χ0v) is 10.7. The van der Waals surface area contributed by atoms with Crippen LogP contribution in [-0.4, -0.2) is 36.6 Å². The van der Waals surface area contributed by atoms with E-state index in [0.717, 1.165) is 18.9 Å². The Labute approximate surface area is 106 Å². The summed E-state index contributed by atoms with van der Waals surface area (Å²) in [7, 11) is 2.15. The summed E-state index contributed by atoms with van der Waals surface area (Å²) in [5, 5.41) is 4.42. The highest BCUT2D eigenvalue weighted by molar-refractivity contribution is 6.35. The van der Waals surface area contributed by atoms with Gasteiger partial charge in [0.1, 0.15) is 5.82 Å². The highest BCUT2D eigenvalue weighted by atomic mass is 35.5. The fourth-order valence-electron chi connectivity index (χ4n) is 1.98. The van der Waals surface area contributed by atoms with Crippen molar-refractivity contribution in [2.75, 3.05) is 32.0 Å². The molecule has 88 valence electrons. The van der Waals surface area contributed by atoms with E-state index in [2.05, 4.69) is 22.2 Å². The number of rotatable bonds is 3. The second-order valence-corrected chi connectivity index (χ2v) is 5.13. The van der Waals surface area contributed by atoms with Gasteiger partial charge < -0.3 is 10.2 Å². The molecule has 5 heteroatoms. The number of pyridine rings is 1. The normalized spacial score (nSPS) is 21.3. The first kappa shape index (κ1) is 12.0. The first-order valence-corrected chi connectivity index (χ1v) is 6.14. The van der Waals surface area contributed by atoms with Gasteiger partial charge in [-0.05, 0) is 32.0 Å². The van der Waals surface area contributed by atoms with E-state index in [1.165, 1.54) is 13.0 Å². The van der Waals surface area contributed by atoms with Gasteiger partial charge in [0.05, 0.1) is 10.0 Å². The van der Waals surface area contributed by atoms with E-state index in [4.69, 9.17) is 23.2 Å². The van der Waals surface area contributed by atoms with Crippen LogP contribution in [0, 0.1) is 5.92 Å². The Balaban J connectivity index is 1.89. The molecule has 1 saturated heterocycles. The summed E-state index contributed by atoms with van der Waals surface area (Å²) >= 11 is 11.8.